The maximum Gasteiger partial charge on any atom is 0.0940 e. The normalized spacial score (nSPS) is 24.5. The number of aliphatic hydroxyl groups is 1. The summed E-state index contributed by atoms with van der Waals surface area (Å²) in [6.45, 7) is 0.863. The predicted molar refractivity (Wildman–Crippen MR) is 115 cm³/mol. The molecule has 1 fully saturated rings. The number of hydrogen-bond donors (Lipinski definition) is 1. The molecule has 0 aromatic heterocycles. The van der Waals surface area contributed by atoms with E-state index in [9.17, 15) is 5.11 Å². The average molecular weight is 404 g/mol. The largest absolute Gasteiger partial charge is 0.385 e. The van der Waals surface area contributed by atoms with E-state index in [-0.39, 0.29) is 5.92 Å². The van der Waals surface area contributed by atoms with Crippen LogP contribution in [0.15, 0.2) is 54.1 Å². The highest BCUT2D eigenvalue weighted by molar-refractivity contribution is 6.30. The zero-order chi connectivity index (χ0) is 19.4. The maximum absolute atomic E-state index is 11.9. The van der Waals surface area contributed by atoms with E-state index in [1.807, 2.05) is 48.5 Å². The van der Waals surface area contributed by atoms with Gasteiger partial charge in [-0.3, -0.25) is 0 Å². The highest BCUT2D eigenvalue weighted by Crippen LogP contribution is 2.42. The van der Waals surface area contributed by atoms with E-state index in [1.165, 1.54) is 0 Å². The van der Waals surface area contributed by atoms with Gasteiger partial charge in [0.2, 0.25) is 0 Å². The summed E-state index contributed by atoms with van der Waals surface area (Å²) < 4.78 is 0. The van der Waals surface area contributed by atoms with Gasteiger partial charge in [0.05, 0.1) is 5.60 Å². The molecule has 2 unspecified atom stereocenters. The van der Waals surface area contributed by atoms with Crippen molar-refractivity contribution < 1.29 is 5.11 Å². The van der Waals surface area contributed by atoms with Crippen molar-refractivity contribution in [1.82, 2.24) is 4.90 Å². The smallest absolute Gasteiger partial charge is 0.0940 e. The molecule has 1 N–H and O–H groups in total. The molecule has 2 nitrogen and oxygen atoms in total. The van der Waals surface area contributed by atoms with Gasteiger partial charge in [0, 0.05) is 28.9 Å². The van der Waals surface area contributed by atoms with Gasteiger partial charge < -0.3 is 10.0 Å². The van der Waals surface area contributed by atoms with E-state index in [1.54, 1.807) is 0 Å². The van der Waals surface area contributed by atoms with Crippen molar-refractivity contribution in [3.63, 3.8) is 0 Å². The van der Waals surface area contributed by atoms with Gasteiger partial charge in [0.25, 0.3) is 0 Å². The minimum Gasteiger partial charge on any atom is -0.385 e. The number of benzene rings is 2. The molecule has 0 radical (unpaired) electrons. The Morgan fingerprint density at radius 3 is 2.22 bits per heavy atom. The van der Waals surface area contributed by atoms with Crippen LogP contribution in [0.5, 0.6) is 0 Å². The van der Waals surface area contributed by atoms with Crippen molar-refractivity contribution in [1.29, 1.82) is 0 Å². The Hall–Kier alpha value is -1.32. The Balaban J connectivity index is 1.97. The molecule has 4 heteroatoms. The second-order valence-electron chi connectivity index (χ2n) is 7.80. The molecule has 0 bridgehead atoms. The first-order valence-electron chi connectivity index (χ1n) is 9.45. The number of rotatable bonds is 5. The zero-order valence-corrected chi connectivity index (χ0v) is 17.5. The molecule has 2 atom stereocenters. The van der Waals surface area contributed by atoms with E-state index >= 15 is 0 Å². The molecule has 3 rings (SSSR count). The molecule has 0 heterocycles. The van der Waals surface area contributed by atoms with Gasteiger partial charge >= 0.3 is 0 Å². The highest BCUT2D eigenvalue weighted by Gasteiger charge is 2.42. The predicted octanol–water partition coefficient (Wildman–Crippen LogP) is 5.71. The molecule has 0 saturated heterocycles. The minimum atomic E-state index is -0.865. The lowest BCUT2D eigenvalue weighted by Gasteiger charge is -2.43. The third kappa shape index (κ3) is 5.14. The fourth-order valence-electron chi connectivity index (χ4n) is 4.07. The van der Waals surface area contributed by atoms with Crippen molar-refractivity contribution >= 4 is 29.3 Å². The maximum atomic E-state index is 11.9. The van der Waals surface area contributed by atoms with E-state index in [0.29, 0.717) is 6.42 Å². The third-order valence-corrected chi connectivity index (χ3v) is 5.92. The van der Waals surface area contributed by atoms with Crippen LogP contribution in [0, 0.1) is 5.92 Å². The minimum absolute atomic E-state index is 0.190. The molecule has 1 aliphatic carbocycles. The summed E-state index contributed by atoms with van der Waals surface area (Å²) in [6.07, 6.45) is 5.79. The lowest BCUT2D eigenvalue weighted by atomic mass is 9.68. The van der Waals surface area contributed by atoms with E-state index in [2.05, 4.69) is 25.1 Å². The summed E-state index contributed by atoms with van der Waals surface area (Å²) in [5, 5.41) is 13.4. The van der Waals surface area contributed by atoms with Crippen molar-refractivity contribution in [3.05, 3.63) is 75.3 Å². The molecular weight excluding hydrogens is 377 g/mol. The molecule has 0 amide bonds. The quantitative estimate of drug-likeness (QED) is 0.690. The molecule has 144 valence electrons. The van der Waals surface area contributed by atoms with Crippen LogP contribution in [0.4, 0.5) is 0 Å². The standard InChI is InChI=1S/C23H27Cl2NO/c1-26(2)16-20-5-3-4-19(14-17-6-10-21(24)11-7-17)23(20,27)15-18-8-12-22(25)13-9-18/h6-14,20,27H,3-5,15-16H2,1-2H3. The van der Waals surface area contributed by atoms with Crippen LogP contribution < -0.4 is 0 Å². The zero-order valence-electron chi connectivity index (χ0n) is 16.0. The third-order valence-electron chi connectivity index (χ3n) is 5.41. The fourth-order valence-corrected chi connectivity index (χ4v) is 4.32. The Bertz CT molecular complexity index is 783. The van der Waals surface area contributed by atoms with Gasteiger partial charge in [0.1, 0.15) is 0 Å². The van der Waals surface area contributed by atoms with Crippen molar-refractivity contribution in [3.8, 4) is 0 Å². The van der Waals surface area contributed by atoms with Gasteiger partial charge in [-0.2, -0.15) is 0 Å². The lowest BCUT2D eigenvalue weighted by Crippen LogP contribution is -2.48. The molecular formula is C23H27Cl2NO. The molecule has 2 aromatic rings. The molecule has 1 saturated carbocycles. The van der Waals surface area contributed by atoms with E-state index in [4.69, 9.17) is 23.2 Å². The van der Waals surface area contributed by atoms with Crippen molar-refractivity contribution in [2.24, 2.45) is 5.92 Å². The first-order valence-corrected chi connectivity index (χ1v) is 10.2. The monoisotopic (exact) mass is 403 g/mol. The Morgan fingerprint density at radius 2 is 1.63 bits per heavy atom. The number of halogens is 2. The van der Waals surface area contributed by atoms with Crippen molar-refractivity contribution in [2.75, 3.05) is 20.6 Å². The molecule has 1 aliphatic rings. The van der Waals surface area contributed by atoms with Crippen LogP contribution in [0.25, 0.3) is 6.08 Å². The topological polar surface area (TPSA) is 23.5 Å². The molecule has 27 heavy (non-hydrogen) atoms. The molecule has 2 aromatic carbocycles. The van der Waals surface area contributed by atoms with Gasteiger partial charge in [-0.1, -0.05) is 53.5 Å². The summed E-state index contributed by atoms with van der Waals surface area (Å²) in [5.41, 5.74) is 2.43. The SMILES string of the molecule is CN(C)CC1CCCC(=Cc2ccc(Cl)cc2)C1(O)Cc1ccc(Cl)cc1. The molecule has 0 aliphatic heterocycles. The number of nitrogens with zero attached hydrogens (tertiary/aromatic N) is 1. The Kier molecular flexibility index (Phi) is 6.65. The fraction of sp³-hybridized carbons (Fsp3) is 0.391. The summed E-state index contributed by atoms with van der Waals surface area (Å²) >= 11 is 12.1. The van der Waals surface area contributed by atoms with Crippen LogP contribution in [-0.2, 0) is 6.42 Å². The van der Waals surface area contributed by atoms with Gasteiger partial charge in [-0.25, -0.2) is 0 Å². The summed E-state index contributed by atoms with van der Waals surface area (Å²) in [7, 11) is 4.14. The van der Waals surface area contributed by atoms with E-state index in [0.717, 1.165) is 52.6 Å². The van der Waals surface area contributed by atoms with Crippen LogP contribution in [0.2, 0.25) is 10.0 Å². The van der Waals surface area contributed by atoms with Crippen LogP contribution in [0.3, 0.4) is 0 Å². The Morgan fingerprint density at radius 1 is 1.04 bits per heavy atom. The van der Waals surface area contributed by atoms with Gasteiger partial charge in [-0.15, -0.1) is 0 Å². The highest BCUT2D eigenvalue weighted by atomic mass is 35.5. The van der Waals surface area contributed by atoms with Gasteiger partial charge in [-0.05, 0) is 74.3 Å². The summed E-state index contributed by atoms with van der Waals surface area (Å²) in [4.78, 5) is 2.17. The van der Waals surface area contributed by atoms with Crippen LogP contribution in [-0.4, -0.2) is 36.2 Å². The summed E-state index contributed by atoms with van der Waals surface area (Å²) in [6, 6.07) is 15.6. The first-order chi connectivity index (χ1) is 12.9. The van der Waals surface area contributed by atoms with Crippen LogP contribution >= 0.6 is 23.2 Å². The average Bonchev–Trinajstić information content (AvgIpc) is 2.62. The number of hydrogen-bond acceptors (Lipinski definition) is 2. The second-order valence-corrected chi connectivity index (χ2v) is 8.67. The molecule has 0 spiro atoms. The Labute approximate surface area is 172 Å². The second kappa shape index (κ2) is 8.79. The summed E-state index contributed by atoms with van der Waals surface area (Å²) in [5.74, 6) is 0.190. The van der Waals surface area contributed by atoms with Crippen molar-refractivity contribution in [2.45, 2.75) is 31.3 Å². The lowest BCUT2D eigenvalue weighted by molar-refractivity contribution is -0.0123. The van der Waals surface area contributed by atoms with Crippen LogP contribution in [0.1, 0.15) is 30.4 Å². The van der Waals surface area contributed by atoms with E-state index < -0.39 is 5.60 Å². The first kappa shape index (κ1) is 20.4. The van der Waals surface area contributed by atoms with Gasteiger partial charge in [0.15, 0.2) is 0 Å².